The molecule has 0 aromatic heterocycles. The number of carbonyl (C=O) groups excluding carboxylic acids is 1. The summed E-state index contributed by atoms with van der Waals surface area (Å²) in [5.74, 6) is 1.46. The average molecular weight is 339 g/mol. The first-order chi connectivity index (χ1) is 9.86. The third-order valence-corrected chi connectivity index (χ3v) is 4.46. The zero-order valence-corrected chi connectivity index (χ0v) is 12.5. The number of carbonyl (C=O) groups is 1. The summed E-state index contributed by atoms with van der Waals surface area (Å²) in [6.07, 6.45) is -4.26. The molecular weight excluding hydrogens is 325 g/mol. The normalized spacial score (nSPS) is 19.3. The van der Waals surface area contributed by atoms with Crippen LogP contribution in [0, 0.1) is 0 Å². The second kappa shape index (κ2) is 6.89. The zero-order valence-electron chi connectivity index (χ0n) is 11.0. The molecule has 1 saturated heterocycles. The summed E-state index contributed by atoms with van der Waals surface area (Å²) in [6.45, 7) is 0.826. The lowest BCUT2D eigenvalue weighted by Crippen LogP contribution is -2.39. The van der Waals surface area contributed by atoms with Crippen molar-refractivity contribution in [1.29, 1.82) is 0 Å². The van der Waals surface area contributed by atoms with Gasteiger partial charge in [0.25, 0.3) is 0 Å². The Morgan fingerprint density at radius 3 is 2.86 bits per heavy atom. The van der Waals surface area contributed by atoms with Crippen LogP contribution in [0.4, 0.5) is 18.9 Å². The van der Waals surface area contributed by atoms with Gasteiger partial charge in [-0.2, -0.15) is 24.9 Å². The minimum Gasteiger partial charge on any atom is -0.325 e. The number of amides is 1. The van der Waals surface area contributed by atoms with E-state index in [2.05, 4.69) is 10.6 Å². The number of rotatable bonds is 3. The van der Waals surface area contributed by atoms with E-state index >= 15 is 0 Å². The van der Waals surface area contributed by atoms with Crippen LogP contribution < -0.4 is 10.6 Å². The van der Waals surface area contributed by atoms with Gasteiger partial charge in [-0.05, 0) is 18.2 Å². The first-order valence-corrected chi connectivity index (χ1v) is 7.87. The summed E-state index contributed by atoms with van der Waals surface area (Å²) < 4.78 is 37.9. The largest absolute Gasteiger partial charge is 0.416 e. The van der Waals surface area contributed by atoms with Crippen molar-refractivity contribution >= 4 is 35.0 Å². The Morgan fingerprint density at radius 1 is 1.48 bits per heavy atom. The van der Waals surface area contributed by atoms with E-state index in [9.17, 15) is 18.0 Å². The standard InChI is InChI=1S/C13H14ClF3N2OS/c14-10-2-1-8(13(15,16)17)5-11(10)19-12(20)6-9-7-21-4-3-18-9/h1-2,5,9,18H,3-4,6-7H2,(H,19,20). The number of halogens is 4. The molecule has 1 aromatic rings. The lowest BCUT2D eigenvalue weighted by Gasteiger charge is -2.22. The number of anilines is 1. The monoisotopic (exact) mass is 338 g/mol. The average Bonchev–Trinajstić information content (AvgIpc) is 2.41. The number of nitrogens with one attached hydrogen (secondary N) is 2. The summed E-state index contributed by atoms with van der Waals surface area (Å²) in [5, 5.41) is 5.73. The molecule has 8 heteroatoms. The van der Waals surface area contributed by atoms with E-state index in [1.165, 1.54) is 0 Å². The van der Waals surface area contributed by atoms with E-state index in [1.807, 2.05) is 0 Å². The van der Waals surface area contributed by atoms with Gasteiger partial charge in [0.15, 0.2) is 0 Å². The van der Waals surface area contributed by atoms with Gasteiger partial charge in [0.05, 0.1) is 16.3 Å². The molecule has 1 aliphatic rings. The summed E-state index contributed by atoms with van der Waals surface area (Å²) in [6, 6.07) is 2.91. The maximum atomic E-state index is 12.6. The molecule has 1 unspecified atom stereocenters. The zero-order chi connectivity index (χ0) is 15.5. The van der Waals surface area contributed by atoms with Crippen LogP contribution in [-0.2, 0) is 11.0 Å². The van der Waals surface area contributed by atoms with Crippen molar-refractivity contribution in [1.82, 2.24) is 5.32 Å². The van der Waals surface area contributed by atoms with E-state index in [0.717, 1.165) is 36.2 Å². The first-order valence-electron chi connectivity index (χ1n) is 6.34. The molecule has 0 bridgehead atoms. The van der Waals surface area contributed by atoms with Crippen molar-refractivity contribution in [3.05, 3.63) is 28.8 Å². The van der Waals surface area contributed by atoms with Gasteiger partial charge < -0.3 is 10.6 Å². The fraction of sp³-hybridized carbons (Fsp3) is 0.462. The van der Waals surface area contributed by atoms with Gasteiger partial charge >= 0.3 is 6.18 Å². The van der Waals surface area contributed by atoms with Crippen molar-refractivity contribution in [2.24, 2.45) is 0 Å². The van der Waals surface area contributed by atoms with Crippen LogP contribution in [0.2, 0.25) is 5.02 Å². The highest BCUT2D eigenvalue weighted by atomic mass is 35.5. The van der Waals surface area contributed by atoms with Crippen LogP contribution in [0.3, 0.4) is 0 Å². The maximum absolute atomic E-state index is 12.6. The first kappa shape index (κ1) is 16.5. The van der Waals surface area contributed by atoms with Crippen LogP contribution in [0.25, 0.3) is 0 Å². The quantitative estimate of drug-likeness (QED) is 0.887. The van der Waals surface area contributed by atoms with Crippen molar-refractivity contribution < 1.29 is 18.0 Å². The number of hydrogen-bond donors (Lipinski definition) is 2. The van der Waals surface area contributed by atoms with Gasteiger partial charge in [-0.1, -0.05) is 11.6 Å². The van der Waals surface area contributed by atoms with Crippen LogP contribution >= 0.6 is 23.4 Å². The molecule has 0 saturated carbocycles. The molecule has 2 rings (SSSR count). The predicted octanol–water partition coefficient (Wildman–Crippen LogP) is 3.39. The highest BCUT2D eigenvalue weighted by Crippen LogP contribution is 2.33. The fourth-order valence-electron chi connectivity index (χ4n) is 1.97. The molecule has 1 fully saturated rings. The summed E-state index contributed by atoms with van der Waals surface area (Å²) in [7, 11) is 0. The Balaban J connectivity index is 2.02. The second-order valence-electron chi connectivity index (χ2n) is 4.67. The minimum absolute atomic E-state index is 0.0139. The Hall–Kier alpha value is -0.920. The van der Waals surface area contributed by atoms with Gasteiger partial charge in [0.1, 0.15) is 0 Å². The van der Waals surface area contributed by atoms with Crippen molar-refractivity contribution in [2.45, 2.75) is 18.6 Å². The molecular formula is C13H14ClF3N2OS. The Kier molecular flexibility index (Phi) is 5.40. The molecule has 1 heterocycles. The molecule has 0 spiro atoms. The van der Waals surface area contributed by atoms with Crippen molar-refractivity contribution in [2.75, 3.05) is 23.4 Å². The van der Waals surface area contributed by atoms with E-state index in [1.54, 1.807) is 11.8 Å². The second-order valence-corrected chi connectivity index (χ2v) is 6.23. The van der Waals surface area contributed by atoms with Crippen LogP contribution in [0.1, 0.15) is 12.0 Å². The van der Waals surface area contributed by atoms with Crippen LogP contribution in [0.15, 0.2) is 18.2 Å². The molecule has 0 aliphatic carbocycles. The van der Waals surface area contributed by atoms with Gasteiger partial charge in [0, 0.05) is 30.5 Å². The summed E-state index contributed by atoms with van der Waals surface area (Å²) >= 11 is 7.57. The molecule has 1 amide bonds. The number of benzene rings is 1. The Morgan fingerprint density at radius 2 is 2.24 bits per heavy atom. The molecule has 116 valence electrons. The number of alkyl halides is 3. The Bertz CT molecular complexity index is 519. The minimum atomic E-state index is -4.47. The molecule has 3 nitrogen and oxygen atoms in total. The van der Waals surface area contributed by atoms with Gasteiger partial charge in [-0.25, -0.2) is 0 Å². The van der Waals surface area contributed by atoms with E-state index in [4.69, 9.17) is 11.6 Å². The van der Waals surface area contributed by atoms with Gasteiger partial charge in [0.2, 0.25) is 5.91 Å². The van der Waals surface area contributed by atoms with Gasteiger partial charge in [-0.3, -0.25) is 4.79 Å². The topological polar surface area (TPSA) is 41.1 Å². The van der Waals surface area contributed by atoms with Crippen LogP contribution in [-0.4, -0.2) is 30.0 Å². The molecule has 1 aromatic carbocycles. The Labute approximate surface area is 129 Å². The lowest BCUT2D eigenvalue weighted by atomic mass is 10.1. The predicted molar refractivity (Wildman–Crippen MR) is 78.8 cm³/mol. The molecule has 1 aliphatic heterocycles. The van der Waals surface area contributed by atoms with E-state index in [0.29, 0.717) is 0 Å². The van der Waals surface area contributed by atoms with Crippen molar-refractivity contribution in [3.63, 3.8) is 0 Å². The van der Waals surface area contributed by atoms with Crippen molar-refractivity contribution in [3.8, 4) is 0 Å². The molecule has 2 N–H and O–H groups in total. The summed E-state index contributed by atoms with van der Waals surface area (Å²) in [4.78, 5) is 11.9. The fourth-order valence-corrected chi connectivity index (χ4v) is 3.09. The molecule has 1 atom stereocenters. The van der Waals surface area contributed by atoms with E-state index in [-0.39, 0.29) is 29.1 Å². The lowest BCUT2D eigenvalue weighted by molar-refractivity contribution is -0.137. The van der Waals surface area contributed by atoms with Crippen LogP contribution in [0.5, 0.6) is 0 Å². The van der Waals surface area contributed by atoms with Gasteiger partial charge in [-0.15, -0.1) is 0 Å². The number of thioether (sulfide) groups is 1. The maximum Gasteiger partial charge on any atom is 0.416 e. The third-order valence-electron chi connectivity index (χ3n) is 3.00. The summed E-state index contributed by atoms with van der Waals surface area (Å²) in [5.41, 5.74) is -0.853. The van der Waals surface area contributed by atoms with E-state index < -0.39 is 11.7 Å². The third kappa shape index (κ3) is 4.79. The number of hydrogen-bond acceptors (Lipinski definition) is 3. The smallest absolute Gasteiger partial charge is 0.325 e. The highest BCUT2D eigenvalue weighted by Gasteiger charge is 2.31. The highest BCUT2D eigenvalue weighted by molar-refractivity contribution is 7.99. The SMILES string of the molecule is O=C(CC1CSCCN1)Nc1cc(C(F)(F)F)ccc1Cl. The molecule has 0 radical (unpaired) electrons. The molecule has 21 heavy (non-hydrogen) atoms.